The first-order chi connectivity index (χ1) is 10.6. The second-order valence-electron chi connectivity index (χ2n) is 5.56. The van der Waals surface area contributed by atoms with Crippen LogP contribution in [0.2, 0.25) is 0 Å². The molecule has 0 aliphatic carbocycles. The largest absolute Gasteiger partial charge is 0.399 e. The molecule has 0 atom stereocenters. The van der Waals surface area contributed by atoms with Crippen LogP contribution in [0.3, 0.4) is 0 Å². The van der Waals surface area contributed by atoms with Crippen molar-refractivity contribution < 1.29 is 0 Å². The molecule has 0 fully saturated rings. The van der Waals surface area contributed by atoms with Crippen molar-refractivity contribution >= 4 is 17.1 Å². The van der Waals surface area contributed by atoms with Crippen LogP contribution in [0.15, 0.2) is 66.7 Å². The third-order valence-electron chi connectivity index (χ3n) is 3.89. The number of para-hydroxylation sites is 1. The van der Waals surface area contributed by atoms with Gasteiger partial charge in [0.05, 0.1) is 0 Å². The van der Waals surface area contributed by atoms with Gasteiger partial charge in [0.2, 0.25) is 0 Å². The lowest BCUT2D eigenvalue weighted by atomic mass is 9.98. The number of nitrogens with two attached hydrogens (primary N) is 1. The van der Waals surface area contributed by atoms with E-state index in [0.29, 0.717) is 0 Å². The third kappa shape index (κ3) is 2.82. The van der Waals surface area contributed by atoms with Crippen molar-refractivity contribution in [1.82, 2.24) is 0 Å². The molecule has 3 N–H and O–H groups in total. The van der Waals surface area contributed by atoms with E-state index in [1.54, 1.807) is 0 Å². The first-order valence-electron chi connectivity index (χ1n) is 7.43. The number of anilines is 3. The normalized spacial score (nSPS) is 10.5. The van der Waals surface area contributed by atoms with Crippen LogP contribution in [-0.4, -0.2) is 0 Å². The van der Waals surface area contributed by atoms with Gasteiger partial charge < -0.3 is 11.1 Å². The van der Waals surface area contributed by atoms with E-state index in [-0.39, 0.29) is 0 Å². The van der Waals surface area contributed by atoms with Crippen LogP contribution >= 0.6 is 0 Å². The van der Waals surface area contributed by atoms with Gasteiger partial charge in [-0.05, 0) is 54.8 Å². The number of hydrogen-bond donors (Lipinski definition) is 2. The topological polar surface area (TPSA) is 38.0 Å². The molecule has 0 bridgehead atoms. The molecule has 0 saturated carbocycles. The van der Waals surface area contributed by atoms with E-state index in [4.69, 9.17) is 5.73 Å². The predicted octanol–water partition coefficient (Wildman–Crippen LogP) is 5.30. The quantitative estimate of drug-likeness (QED) is 0.642. The molecule has 0 heterocycles. The van der Waals surface area contributed by atoms with Crippen LogP contribution in [-0.2, 0) is 0 Å². The molecule has 0 spiro atoms. The lowest BCUT2D eigenvalue weighted by Crippen LogP contribution is -1.97. The summed E-state index contributed by atoms with van der Waals surface area (Å²) in [4.78, 5) is 0. The summed E-state index contributed by atoms with van der Waals surface area (Å²) in [5, 5.41) is 3.54. The van der Waals surface area contributed by atoms with E-state index in [9.17, 15) is 0 Å². The standard InChI is InChI=1S/C20H20N2/c1-14-7-3-5-9-17(14)18-13-16(21)11-12-20(18)22-19-10-6-4-8-15(19)2/h3-13,22H,21H2,1-2H3. The molecule has 3 rings (SSSR count). The minimum absolute atomic E-state index is 0.772. The summed E-state index contributed by atoms with van der Waals surface area (Å²) >= 11 is 0. The Bertz CT molecular complexity index is 806. The van der Waals surface area contributed by atoms with E-state index in [0.717, 1.165) is 22.6 Å². The molecule has 2 heteroatoms. The summed E-state index contributed by atoms with van der Waals surface area (Å²) < 4.78 is 0. The van der Waals surface area contributed by atoms with Crippen LogP contribution in [0.5, 0.6) is 0 Å². The third-order valence-corrected chi connectivity index (χ3v) is 3.89. The lowest BCUT2D eigenvalue weighted by molar-refractivity contribution is 1.42. The van der Waals surface area contributed by atoms with Crippen molar-refractivity contribution in [2.45, 2.75) is 13.8 Å². The Kier molecular flexibility index (Phi) is 3.84. The highest BCUT2D eigenvalue weighted by Gasteiger charge is 2.09. The Hall–Kier alpha value is -2.74. The molecule has 3 aromatic rings. The molecule has 0 unspecified atom stereocenters. The molecule has 0 saturated heterocycles. The smallest absolute Gasteiger partial charge is 0.0465 e. The molecular weight excluding hydrogens is 268 g/mol. The molecule has 0 radical (unpaired) electrons. The maximum Gasteiger partial charge on any atom is 0.0465 e. The molecule has 0 aromatic heterocycles. The van der Waals surface area contributed by atoms with Gasteiger partial charge in [-0.25, -0.2) is 0 Å². The van der Waals surface area contributed by atoms with Crippen LogP contribution in [0.4, 0.5) is 17.1 Å². The molecule has 2 nitrogen and oxygen atoms in total. The highest BCUT2D eigenvalue weighted by Crippen LogP contribution is 2.34. The zero-order chi connectivity index (χ0) is 15.5. The van der Waals surface area contributed by atoms with E-state index in [2.05, 4.69) is 55.6 Å². The fourth-order valence-corrected chi connectivity index (χ4v) is 2.63. The zero-order valence-corrected chi connectivity index (χ0v) is 12.9. The molecule has 0 amide bonds. The summed E-state index contributed by atoms with van der Waals surface area (Å²) in [6.07, 6.45) is 0. The maximum atomic E-state index is 6.01. The fourth-order valence-electron chi connectivity index (χ4n) is 2.63. The Morgan fingerprint density at radius 1 is 0.682 bits per heavy atom. The van der Waals surface area contributed by atoms with Crippen molar-refractivity contribution in [3.63, 3.8) is 0 Å². The Morgan fingerprint density at radius 2 is 1.36 bits per heavy atom. The molecule has 22 heavy (non-hydrogen) atoms. The van der Waals surface area contributed by atoms with Gasteiger partial charge in [-0.15, -0.1) is 0 Å². The van der Waals surface area contributed by atoms with Crippen molar-refractivity contribution in [3.05, 3.63) is 77.9 Å². The van der Waals surface area contributed by atoms with Gasteiger partial charge in [0, 0.05) is 22.6 Å². The van der Waals surface area contributed by atoms with Crippen LogP contribution in [0.1, 0.15) is 11.1 Å². The van der Waals surface area contributed by atoms with E-state index in [1.807, 2.05) is 30.3 Å². The van der Waals surface area contributed by atoms with Crippen LogP contribution in [0, 0.1) is 13.8 Å². The number of hydrogen-bond acceptors (Lipinski definition) is 2. The summed E-state index contributed by atoms with van der Waals surface area (Å²) in [6, 6.07) is 22.7. The summed E-state index contributed by atoms with van der Waals surface area (Å²) in [7, 11) is 0. The summed E-state index contributed by atoms with van der Waals surface area (Å²) in [5.74, 6) is 0. The van der Waals surface area contributed by atoms with Crippen molar-refractivity contribution in [2.75, 3.05) is 11.1 Å². The minimum atomic E-state index is 0.772. The number of nitrogens with one attached hydrogen (secondary N) is 1. The molecule has 0 aliphatic heterocycles. The van der Waals surface area contributed by atoms with Gasteiger partial charge in [-0.2, -0.15) is 0 Å². The SMILES string of the molecule is Cc1ccccc1Nc1ccc(N)cc1-c1ccccc1C. The Labute approximate surface area is 131 Å². The number of aryl methyl sites for hydroxylation is 2. The minimum Gasteiger partial charge on any atom is -0.399 e. The average molecular weight is 288 g/mol. The van der Waals surface area contributed by atoms with Crippen molar-refractivity contribution in [2.24, 2.45) is 0 Å². The second kappa shape index (κ2) is 5.94. The van der Waals surface area contributed by atoms with E-state index >= 15 is 0 Å². The predicted molar refractivity (Wildman–Crippen MR) is 95.5 cm³/mol. The molecule has 3 aromatic carbocycles. The van der Waals surface area contributed by atoms with Crippen LogP contribution < -0.4 is 11.1 Å². The van der Waals surface area contributed by atoms with Gasteiger partial charge in [0.25, 0.3) is 0 Å². The van der Waals surface area contributed by atoms with Gasteiger partial charge >= 0.3 is 0 Å². The molecule has 110 valence electrons. The van der Waals surface area contributed by atoms with Gasteiger partial charge in [0.15, 0.2) is 0 Å². The number of benzene rings is 3. The highest BCUT2D eigenvalue weighted by molar-refractivity contribution is 5.85. The average Bonchev–Trinajstić information content (AvgIpc) is 2.52. The Morgan fingerprint density at radius 3 is 2.09 bits per heavy atom. The number of rotatable bonds is 3. The first-order valence-corrected chi connectivity index (χ1v) is 7.43. The van der Waals surface area contributed by atoms with Crippen molar-refractivity contribution in [1.29, 1.82) is 0 Å². The molecule has 0 aliphatic rings. The zero-order valence-electron chi connectivity index (χ0n) is 12.9. The summed E-state index contributed by atoms with van der Waals surface area (Å²) in [5.41, 5.74) is 13.7. The van der Waals surface area contributed by atoms with Gasteiger partial charge in [-0.1, -0.05) is 42.5 Å². The maximum absolute atomic E-state index is 6.01. The fraction of sp³-hybridized carbons (Fsp3) is 0.100. The van der Waals surface area contributed by atoms with E-state index < -0.39 is 0 Å². The monoisotopic (exact) mass is 288 g/mol. The van der Waals surface area contributed by atoms with Crippen LogP contribution in [0.25, 0.3) is 11.1 Å². The first kappa shape index (κ1) is 14.2. The van der Waals surface area contributed by atoms with Gasteiger partial charge in [-0.3, -0.25) is 0 Å². The molecular formula is C20H20N2. The van der Waals surface area contributed by atoms with E-state index in [1.165, 1.54) is 16.7 Å². The van der Waals surface area contributed by atoms with Gasteiger partial charge in [0.1, 0.15) is 0 Å². The lowest BCUT2D eigenvalue weighted by Gasteiger charge is -2.16. The Balaban J connectivity index is 2.10. The highest BCUT2D eigenvalue weighted by atomic mass is 14.9. The summed E-state index contributed by atoms with van der Waals surface area (Å²) in [6.45, 7) is 4.23. The second-order valence-corrected chi connectivity index (χ2v) is 5.56. The van der Waals surface area contributed by atoms with Crippen molar-refractivity contribution in [3.8, 4) is 11.1 Å². The number of nitrogen functional groups attached to an aromatic ring is 1.